The van der Waals surface area contributed by atoms with Gasteiger partial charge in [0.1, 0.15) is 6.29 Å². The van der Waals surface area contributed by atoms with Gasteiger partial charge in [-0.3, -0.25) is 4.79 Å². The van der Waals surface area contributed by atoms with Gasteiger partial charge in [0.05, 0.1) is 12.6 Å². The van der Waals surface area contributed by atoms with E-state index in [0.717, 1.165) is 30.4 Å². The van der Waals surface area contributed by atoms with Gasteiger partial charge in [0.25, 0.3) is 11.8 Å². The molecule has 0 bridgehead atoms. The second-order valence-corrected chi connectivity index (χ2v) is 8.68. The Balaban J connectivity index is 1.83. The Morgan fingerprint density at radius 1 is 1.39 bits per heavy atom. The summed E-state index contributed by atoms with van der Waals surface area (Å²) in [6.45, 7) is 4.33. The first-order valence-corrected chi connectivity index (χ1v) is 9.84. The molecule has 28 heavy (non-hydrogen) atoms. The van der Waals surface area contributed by atoms with E-state index in [1.54, 1.807) is 24.1 Å². The van der Waals surface area contributed by atoms with E-state index in [1.807, 2.05) is 19.9 Å². The fourth-order valence-electron chi connectivity index (χ4n) is 3.84. The molecule has 1 aliphatic heterocycles. The zero-order chi connectivity index (χ0) is 20.5. The number of halogens is 2. The Hall–Kier alpha value is -2.02. The molecule has 0 unspecified atom stereocenters. The minimum Gasteiger partial charge on any atom is -0.365 e. The number of hydrogen-bond acceptors (Lipinski definition) is 4. The maximum absolute atomic E-state index is 13.7. The third-order valence-corrected chi connectivity index (χ3v) is 5.72. The molecule has 3 rings (SSSR count). The molecule has 1 heterocycles. The van der Waals surface area contributed by atoms with Gasteiger partial charge >= 0.3 is 0 Å². The van der Waals surface area contributed by atoms with Crippen molar-refractivity contribution in [1.29, 1.82) is 0 Å². The topological polar surface area (TPSA) is 61.4 Å². The van der Waals surface area contributed by atoms with Crippen molar-refractivity contribution in [2.75, 3.05) is 31.6 Å². The number of nitrogens with one attached hydrogen (secondary N) is 2. The highest BCUT2D eigenvalue weighted by Gasteiger charge is 2.40. The summed E-state index contributed by atoms with van der Waals surface area (Å²) < 4.78 is 27.5. The summed E-state index contributed by atoms with van der Waals surface area (Å²) in [5, 5.41) is 5.82. The van der Waals surface area contributed by atoms with Crippen molar-refractivity contribution in [3.05, 3.63) is 29.3 Å². The van der Waals surface area contributed by atoms with Gasteiger partial charge < -0.3 is 20.3 Å². The summed E-state index contributed by atoms with van der Waals surface area (Å²) in [5.74, 6) is -2.67. The molecule has 1 atom stereocenters. The molecular formula is C21H29F2N3O2. The second-order valence-electron chi connectivity index (χ2n) is 8.68. The van der Waals surface area contributed by atoms with Crippen LogP contribution in [0.3, 0.4) is 0 Å². The highest BCUT2D eigenvalue weighted by Crippen LogP contribution is 2.46. The number of carbonyl (C=O) groups excluding carboxylic acids is 2. The van der Waals surface area contributed by atoms with E-state index < -0.39 is 17.4 Å². The summed E-state index contributed by atoms with van der Waals surface area (Å²) in [6.07, 6.45) is 2.68. The number of amides is 1. The molecule has 154 valence electrons. The van der Waals surface area contributed by atoms with Gasteiger partial charge in [-0.1, -0.05) is 19.9 Å². The number of aldehydes is 1. The minimum atomic E-state index is -2.70. The molecule has 0 spiro atoms. The van der Waals surface area contributed by atoms with Gasteiger partial charge in [-0.05, 0) is 43.5 Å². The SMILES string of the molecule is CNCC(C)(C)[C@@H](C=O)NC(=O)c1ccc(C2CC2)c(N2CCC(F)(F)C2)c1. The van der Waals surface area contributed by atoms with E-state index in [2.05, 4.69) is 10.6 Å². The first kappa shape index (κ1) is 20.7. The standard InChI is InChI=1S/C21H29F2N3O2/c1-20(2,12-24-3)18(11-27)25-19(28)15-6-7-16(14-4-5-14)17(10-15)26-9-8-21(22,23)13-26/h6-7,10-11,14,18,24H,4-5,8-9,12-13H2,1-3H3,(H,25,28)/t18-/m1/s1. The molecule has 1 amide bonds. The molecule has 2 aliphatic rings. The molecule has 2 fully saturated rings. The quantitative estimate of drug-likeness (QED) is 0.667. The molecule has 2 N–H and O–H groups in total. The molecule has 0 aromatic heterocycles. The zero-order valence-corrected chi connectivity index (χ0v) is 16.7. The number of benzene rings is 1. The van der Waals surface area contributed by atoms with Crippen molar-refractivity contribution in [2.24, 2.45) is 5.41 Å². The molecule has 1 saturated carbocycles. The number of rotatable bonds is 8. The van der Waals surface area contributed by atoms with Crippen molar-refractivity contribution in [1.82, 2.24) is 10.6 Å². The third-order valence-electron chi connectivity index (χ3n) is 5.72. The highest BCUT2D eigenvalue weighted by molar-refractivity contribution is 5.97. The lowest BCUT2D eigenvalue weighted by Gasteiger charge is -2.31. The van der Waals surface area contributed by atoms with Crippen LogP contribution < -0.4 is 15.5 Å². The zero-order valence-electron chi connectivity index (χ0n) is 16.7. The first-order chi connectivity index (χ1) is 13.2. The van der Waals surface area contributed by atoms with Crippen molar-refractivity contribution < 1.29 is 18.4 Å². The van der Waals surface area contributed by atoms with E-state index >= 15 is 0 Å². The van der Waals surface area contributed by atoms with Crippen LogP contribution in [0, 0.1) is 5.41 Å². The van der Waals surface area contributed by atoms with Crippen LogP contribution >= 0.6 is 0 Å². The number of hydrogen-bond donors (Lipinski definition) is 2. The summed E-state index contributed by atoms with van der Waals surface area (Å²) in [4.78, 5) is 26.0. The minimum absolute atomic E-state index is 0.168. The first-order valence-electron chi connectivity index (χ1n) is 9.84. The Morgan fingerprint density at radius 3 is 2.64 bits per heavy atom. The van der Waals surface area contributed by atoms with E-state index in [9.17, 15) is 18.4 Å². The van der Waals surface area contributed by atoms with Crippen LogP contribution in [-0.2, 0) is 4.79 Å². The Morgan fingerprint density at radius 2 is 2.11 bits per heavy atom. The fraction of sp³-hybridized carbons (Fsp3) is 0.619. The van der Waals surface area contributed by atoms with Crippen molar-refractivity contribution >= 4 is 17.9 Å². The van der Waals surface area contributed by atoms with Gasteiger partial charge in [-0.25, -0.2) is 8.78 Å². The molecule has 1 aromatic carbocycles. The molecule has 7 heteroatoms. The molecule has 1 saturated heterocycles. The molecule has 5 nitrogen and oxygen atoms in total. The van der Waals surface area contributed by atoms with E-state index in [-0.39, 0.29) is 25.4 Å². The van der Waals surface area contributed by atoms with Crippen LogP contribution in [0.1, 0.15) is 54.9 Å². The average molecular weight is 393 g/mol. The predicted molar refractivity (Wildman–Crippen MR) is 105 cm³/mol. The van der Waals surface area contributed by atoms with Crippen LogP contribution in [0.25, 0.3) is 0 Å². The molecule has 0 radical (unpaired) electrons. The Kier molecular flexibility index (Phi) is 5.75. The molecule has 1 aliphatic carbocycles. The summed E-state index contributed by atoms with van der Waals surface area (Å²) in [6, 6.07) is 4.66. The number of carbonyl (C=O) groups is 2. The number of nitrogens with zero attached hydrogens (tertiary/aromatic N) is 1. The normalized spacial score (nSPS) is 20.1. The monoisotopic (exact) mass is 393 g/mol. The van der Waals surface area contributed by atoms with Crippen LogP contribution in [-0.4, -0.2) is 50.8 Å². The smallest absolute Gasteiger partial charge is 0.266 e. The predicted octanol–water partition coefficient (Wildman–Crippen LogP) is 2.95. The van der Waals surface area contributed by atoms with Gasteiger partial charge in [0.2, 0.25) is 0 Å². The van der Waals surface area contributed by atoms with Gasteiger partial charge in [-0.15, -0.1) is 0 Å². The largest absolute Gasteiger partial charge is 0.365 e. The lowest BCUT2D eigenvalue weighted by molar-refractivity contribution is -0.111. The maximum atomic E-state index is 13.7. The summed E-state index contributed by atoms with van der Waals surface area (Å²) in [7, 11) is 1.79. The lowest BCUT2D eigenvalue weighted by atomic mass is 9.85. The Bertz CT molecular complexity index is 747. The van der Waals surface area contributed by atoms with Crippen molar-refractivity contribution in [3.8, 4) is 0 Å². The van der Waals surface area contributed by atoms with Crippen molar-refractivity contribution in [3.63, 3.8) is 0 Å². The summed E-state index contributed by atoms with van der Waals surface area (Å²) >= 11 is 0. The fourth-order valence-corrected chi connectivity index (χ4v) is 3.84. The van der Waals surface area contributed by atoms with E-state index in [1.165, 1.54) is 0 Å². The van der Waals surface area contributed by atoms with Gasteiger partial charge in [0.15, 0.2) is 0 Å². The van der Waals surface area contributed by atoms with Crippen LogP contribution in [0.2, 0.25) is 0 Å². The van der Waals surface area contributed by atoms with Crippen LogP contribution in [0.5, 0.6) is 0 Å². The van der Waals surface area contributed by atoms with Gasteiger partial charge in [0, 0.05) is 36.2 Å². The second kappa shape index (κ2) is 7.78. The number of anilines is 1. The maximum Gasteiger partial charge on any atom is 0.266 e. The molecule has 1 aromatic rings. The molecular weight excluding hydrogens is 364 g/mol. The lowest BCUT2D eigenvalue weighted by Crippen LogP contribution is -2.50. The van der Waals surface area contributed by atoms with Gasteiger partial charge in [-0.2, -0.15) is 0 Å². The van der Waals surface area contributed by atoms with Crippen LogP contribution in [0.15, 0.2) is 18.2 Å². The highest BCUT2D eigenvalue weighted by atomic mass is 19.3. The van der Waals surface area contributed by atoms with Crippen molar-refractivity contribution in [2.45, 2.75) is 51.0 Å². The van der Waals surface area contributed by atoms with E-state index in [4.69, 9.17) is 0 Å². The third kappa shape index (κ3) is 4.51. The van der Waals surface area contributed by atoms with Crippen LogP contribution in [0.4, 0.5) is 14.5 Å². The van der Waals surface area contributed by atoms with E-state index in [0.29, 0.717) is 18.0 Å². The average Bonchev–Trinajstić information content (AvgIpc) is 3.41. The summed E-state index contributed by atoms with van der Waals surface area (Å²) in [5.41, 5.74) is 1.70. The number of alkyl halides is 2. The Labute approximate surface area is 164 Å².